The van der Waals surface area contributed by atoms with E-state index < -0.39 is 0 Å². The standard InChI is InChI=1S/C24H48NO2P.CH4/c1-5-22(2)20-18-16-14-12-10-8-6-7-9-11-13-15-17-19-21-27-23(26)25-24(3,4)28;/h6,8,22H,5,7,9-21,28H2,1-4H3,(H,25,26);1H4/b8-6+;. The summed E-state index contributed by atoms with van der Waals surface area (Å²) in [6.07, 6.45) is 22.4. The highest BCUT2D eigenvalue weighted by atomic mass is 31.0. The number of ether oxygens (including phenoxy) is 1. The average molecular weight is 430 g/mol. The molecule has 0 fully saturated rings. The van der Waals surface area contributed by atoms with E-state index in [1.807, 2.05) is 13.8 Å². The Labute approximate surface area is 185 Å². The monoisotopic (exact) mass is 429 g/mol. The Bertz CT molecular complexity index is 391. The van der Waals surface area contributed by atoms with Gasteiger partial charge in [-0.1, -0.05) is 91.2 Å². The minimum Gasteiger partial charge on any atom is -0.450 e. The molecular weight excluding hydrogens is 377 g/mol. The number of amides is 1. The van der Waals surface area contributed by atoms with Crippen LogP contribution in [-0.2, 0) is 4.74 Å². The minimum atomic E-state index is -0.321. The van der Waals surface area contributed by atoms with Crippen LogP contribution in [0.15, 0.2) is 12.2 Å². The van der Waals surface area contributed by atoms with Crippen molar-refractivity contribution in [2.75, 3.05) is 6.61 Å². The molecule has 29 heavy (non-hydrogen) atoms. The van der Waals surface area contributed by atoms with Crippen LogP contribution >= 0.6 is 9.24 Å². The van der Waals surface area contributed by atoms with Crippen LogP contribution in [0, 0.1) is 5.92 Å². The van der Waals surface area contributed by atoms with Gasteiger partial charge in [0.1, 0.15) is 0 Å². The van der Waals surface area contributed by atoms with Crippen molar-refractivity contribution in [3.63, 3.8) is 0 Å². The summed E-state index contributed by atoms with van der Waals surface area (Å²) in [5.74, 6) is 0.910. The molecule has 0 bridgehead atoms. The van der Waals surface area contributed by atoms with Crippen LogP contribution in [-0.4, -0.2) is 18.0 Å². The molecule has 3 nitrogen and oxygen atoms in total. The molecule has 174 valence electrons. The predicted octanol–water partition coefficient (Wildman–Crippen LogP) is 8.63. The molecule has 2 atom stereocenters. The van der Waals surface area contributed by atoms with E-state index in [0.29, 0.717) is 6.61 Å². The Kier molecular flexibility index (Phi) is 21.9. The molecule has 0 aromatic carbocycles. The Balaban J connectivity index is 0. The second-order valence-corrected chi connectivity index (χ2v) is 10.3. The fraction of sp³-hybridized carbons (Fsp3) is 0.880. The quantitative estimate of drug-likeness (QED) is 0.134. The maximum atomic E-state index is 11.5. The molecule has 0 aliphatic carbocycles. The van der Waals surface area contributed by atoms with E-state index in [2.05, 4.69) is 40.6 Å². The van der Waals surface area contributed by atoms with E-state index in [1.54, 1.807) is 0 Å². The average Bonchev–Trinajstić information content (AvgIpc) is 2.62. The molecule has 2 unspecified atom stereocenters. The largest absolute Gasteiger partial charge is 0.450 e. The van der Waals surface area contributed by atoms with Gasteiger partial charge in [0.2, 0.25) is 0 Å². The number of rotatable bonds is 18. The summed E-state index contributed by atoms with van der Waals surface area (Å²) in [4.78, 5) is 11.5. The second-order valence-electron chi connectivity index (χ2n) is 8.87. The summed E-state index contributed by atoms with van der Waals surface area (Å²) >= 11 is 0. The molecular formula is C25H52NO2P. The lowest BCUT2D eigenvalue weighted by Crippen LogP contribution is -2.38. The number of hydrogen-bond donors (Lipinski definition) is 1. The Hall–Kier alpha value is -0.560. The van der Waals surface area contributed by atoms with Gasteiger partial charge in [0.15, 0.2) is 0 Å². The first-order chi connectivity index (χ1) is 13.3. The van der Waals surface area contributed by atoms with Crippen molar-refractivity contribution in [1.82, 2.24) is 5.32 Å². The molecule has 1 amide bonds. The van der Waals surface area contributed by atoms with E-state index in [0.717, 1.165) is 18.8 Å². The van der Waals surface area contributed by atoms with Gasteiger partial charge in [-0.25, -0.2) is 4.79 Å². The fourth-order valence-electron chi connectivity index (χ4n) is 3.08. The van der Waals surface area contributed by atoms with E-state index in [-0.39, 0.29) is 18.8 Å². The molecule has 0 aromatic heterocycles. The maximum absolute atomic E-state index is 11.5. The fourth-order valence-corrected chi connectivity index (χ4v) is 3.20. The topological polar surface area (TPSA) is 38.3 Å². The molecule has 0 spiro atoms. The smallest absolute Gasteiger partial charge is 0.407 e. The van der Waals surface area contributed by atoms with Crippen LogP contribution in [0.4, 0.5) is 4.79 Å². The maximum Gasteiger partial charge on any atom is 0.407 e. The lowest BCUT2D eigenvalue weighted by Gasteiger charge is -2.19. The third-order valence-electron chi connectivity index (χ3n) is 5.10. The van der Waals surface area contributed by atoms with Crippen LogP contribution in [0.5, 0.6) is 0 Å². The molecule has 0 heterocycles. The molecule has 1 N–H and O–H groups in total. The molecule has 4 heteroatoms. The molecule has 0 aliphatic heterocycles. The van der Waals surface area contributed by atoms with Crippen LogP contribution in [0.2, 0.25) is 0 Å². The lowest BCUT2D eigenvalue weighted by atomic mass is 10.00. The number of carbonyl (C=O) groups excluding carboxylic acids is 1. The highest BCUT2D eigenvalue weighted by Gasteiger charge is 2.14. The SMILES string of the molecule is C.CCC(C)CCCCCC/C=C/CCCCCCCCOC(=O)NC(C)(C)P. The number of carbonyl (C=O) groups is 1. The van der Waals surface area contributed by atoms with E-state index >= 15 is 0 Å². The van der Waals surface area contributed by atoms with Crippen molar-refractivity contribution in [3.05, 3.63) is 12.2 Å². The van der Waals surface area contributed by atoms with E-state index in [4.69, 9.17) is 4.74 Å². The van der Waals surface area contributed by atoms with Crippen LogP contribution in [0.25, 0.3) is 0 Å². The summed E-state index contributed by atoms with van der Waals surface area (Å²) in [7, 11) is 2.58. The van der Waals surface area contributed by atoms with Gasteiger partial charge in [-0.05, 0) is 51.9 Å². The van der Waals surface area contributed by atoms with Crippen molar-refractivity contribution in [1.29, 1.82) is 0 Å². The van der Waals surface area contributed by atoms with Gasteiger partial charge in [-0.3, -0.25) is 0 Å². The zero-order chi connectivity index (χ0) is 21.1. The van der Waals surface area contributed by atoms with Crippen LogP contribution in [0.1, 0.15) is 125 Å². The number of alkyl carbamates (subject to hydrolysis) is 1. The van der Waals surface area contributed by atoms with Crippen molar-refractivity contribution in [2.45, 2.75) is 130 Å². The number of hydrogen-bond acceptors (Lipinski definition) is 2. The lowest BCUT2D eigenvalue weighted by molar-refractivity contribution is 0.139. The molecule has 0 rings (SSSR count). The number of unbranched alkanes of at least 4 members (excludes halogenated alkanes) is 10. The summed E-state index contributed by atoms with van der Waals surface area (Å²) in [6, 6.07) is 0. The Morgan fingerprint density at radius 1 is 0.931 bits per heavy atom. The minimum absolute atomic E-state index is 0. The predicted molar refractivity (Wildman–Crippen MR) is 134 cm³/mol. The number of nitrogens with one attached hydrogen (secondary N) is 1. The van der Waals surface area contributed by atoms with Gasteiger partial charge in [0, 0.05) is 0 Å². The summed E-state index contributed by atoms with van der Waals surface area (Å²) < 4.78 is 5.17. The Morgan fingerprint density at radius 2 is 1.41 bits per heavy atom. The third-order valence-corrected chi connectivity index (χ3v) is 5.25. The van der Waals surface area contributed by atoms with Crippen LogP contribution < -0.4 is 5.32 Å². The molecule has 0 saturated heterocycles. The second kappa shape index (κ2) is 20.7. The van der Waals surface area contributed by atoms with E-state index in [1.165, 1.54) is 77.0 Å². The summed E-state index contributed by atoms with van der Waals surface area (Å²) in [6.45, 7) is 9.02. The van der Waals surface area contributed by atoms with Crippen molar-refractivity contribution >= 4 is 15.3 Å². The Morgan fingerprint density at radius 3 is 1.93 bits per heavy atom. The summed E-state index contributed by atoms with van der Waals surface area (Å²) in [5, 5.41) is 2.47. The van der Waals surface area contributed by atoms with Gasteiger partial charge in [0.05, 0.1) is 11.9 Å². The van der Waals surface area contributed by atoms with Crippen molar-refractivity contribution < 1.29 is 9.53 Å². The zero-order valence-corrected chi connectivity index (χ0v) is 20.4. The van der Waals surface area contributed by atoms with Gasteiger partial charge < -0.3 is 10.1 Å². The van der Waals surface area contributed by atoms with Crippen molar-refractivity contribution in [3.8, 4) is 0 Å². The molecule has 0 radical (unpaired) electrons. The zero-order valence-electron chi connectivity index (χ0n) is 19.2. The van der Waals surface area contributed by atoms with E-state index in [9.17, 15) is 4.79 Å². The van der Waals surface area contributed by atoms with Gasteiger partial charge in [0.25, 0.3) is 0 Å². The van der Waals surface area contributed by atoms with Crippen molar-refractivity contribution in [2.24, 2.45) is 5.92 Å². The van der Waals surface area contributed by atoms with Gasteiger partial charge in [-0.15, -0.1) is 9.24 Å². The normalized spacial score (nSPS) is 12.6. The van der Waals surface area contributed by atoms with Gasteiger partial charge in [-0.2, -0.15) is 0 Å². The first-order valence-electron chi connectivity index (χ1n) is 11.7. The summed E-state index contributed by atoms with van der Waals surface area (Å²) in [5.41, 5.74) is 0. The highest BCUT2D eigenvalue weighted by Crippen LogP contribution is 2.14. The van der Waals surface area contributed by atoms with Gasteiger partial charge >= 0.3 is 6.09 Å². The first kappa shape index (κ1) is 30.6. The van der Waals surface area contributed by atoms with Crippen LogP contribution in [0.3, 0.4) is 0 Å². The number of allylic oxidation sites excluding steroid dienone is 2. The molecule has 0 aliphatic rings. The molecule has 0 saturated carbocycles. The highest BCUT2D eigenvalue weighted by molar-refractivity contribution is 7.18. The third kappa shape index (κ3) is 25.4. The molecule has 0 aromatic rings. The first-order valence-corrected chi connectivity index (χ1v) is 12.3.